The number of aliphatic hydroxyl groups is 1. The molecule has 0 spiro atoms. The largest absolute Gasteiger partial charge is 0.396 e. The topological polar surface area (TPSA) is 35.5 Å². The van der Waals surface area contributed by atoms with E-state index in [-0.39, 0.29) is 0 Å². The highest BCUT2D eigenvalue weighted by Gasteiger charge is 2.18. The van der Waals surface area contributed by atoms with Gasteiger partial charge in [0.05, 0.1) is 0 Å². The van der Waals surface area contributed by atoms with Gasteiger partial charge in [0.25, 0.3) is 0 Å². The SMILES string of the molecule is OCCCSCCNC1CCN(c2ccccc2)CC1. The van der Waals surface area contributed by atoms with E-state index >= 15 is 0 Å². The van der Waals surface area contributed by atoms with E-state index in [0.717, 1.165) is 37.6 Å². The quantitative estimate of drug-likeness (QED) is 0.722. The van der Waals surface area contributed by atoms with Gasteiger partial charge < -0.3 is 15.3 Å². The second-order valence-electron chi connectivity index (χ2n) is 5.24. The van der Waals surface area contributed by atoms with Crippen molar-refractivity contribution < 1.29 is 5.11 Å². The van der Waals surface area contributed by atoms with Crippen molar-refractivity contribution in [3.05, 3.63) is 30.3 Å². The summed E-state index contributed by atoms with van der Waals surface area (Å²) >= 11 is 1.93. The summed E-state index contributed by atoms with van der Waals surface area (Å²) in [6.45, 7) is 3.71. The molecule has 0 amide bonds. The van der Waals surface area contributed by atoms with Crippen molar-refractivity contribution in [1.82, 2.24) is 5.32 Å². The molecule has 1 saturated heterocycles. The molecule has 4 heteroatoms. The summed E-state index contributed by atoms with van der Waals surface area (Å²) in [4.78, 5) is 2.48. The Hall–Kier alpha value is -0.710. The van der Waals surface area contributed by atoms with Gasteiger partial charge in [0.15, 0.2) is 0 Å². The lowest BCUT2D eigenvalue weighted by molar-refractivity contribution is 0.296. The highest BCUT2D eigenvalue weighted by atomic mass is 32.2. The summed E-state index contributed by atoms with van der Waals surface area (Å²) in [6, 6.07) is 11.4. The van der Waals surface area contributed by atoms with Gasteiger partial charge in [0.1, 0.15) is 0 Å². The lowest BCUT2D eigenvalue weighted by atomic mass is 10.0. The highest BCUT2D eigenvalue weighted by Crippen LogP contribution is 2.19. The van der Waals surface area contributed by atoms with Gasteiger partial charge >= 0.3 is 0 Å². The van der Waals surface area contributed by atoms with Crippen LogP contribution < -0.4 is 10.2 Å². The molecule has 20 heavy (non-hydrogen) atoms. The van der Waals surface area contributed by atoms with Crippen LogP contribution in [0.15, 0.2) is 30.3 Å². The second-order valence-corrected chi connectivity index (χ2v) is 6.47. The molecule has 1 aliphatic rings. The van der Waals surface area contributed by atoms with Gasteiger partial charge in [-0.05, 0) is 37.1 Å². The number of nitrogens with zero attached hydrogens (tertiary/aromatic N) is 1. The molecule has 0 aromatic heterocycles. The molecule has 1 heterocycles. The Morgan fingerprint density at radius 3 is 2.60 bits per heavy atom. The third-order valence-corrected chi connectivity index (χ3v) is 4.81. The Bertz CT molecular complexity index is 353. The molecule has 0 aliphatic carbocycles. The zero-order valence-electron chi connectivity index (χ0n) is 12.1. The number of benzene rings is 1. The van der Waals surface area contributed by atoms with E-state index in [0.29, 0.717) is 12.6 Å². The van der Waals surface area contributed by atoms with E-state index in [1.165, 1.54) is 18.5 Å². The van der Waals surface area contributed by atoms with E-state index in [4.69, 9.17) is 5.11 Å². The highest BCUT2D eigenvalue weighted by molar-refractivity contribution is 7.99. The van der Waals surface area contributed by atoms with Crippen molar-refractivity contribution in [3.63, 3.8) is 0 Å². The first kappa shape index (κ1) is 15.7. The summed E-state index contributed by atoms with van der Waals surface area (Å²) in [5, 5.41) is 12.4. The summed E-state index contributed by atoms with van der Waals surface area (Å²) in [7, 11) is 0. The lowest BCUT2D eigenvalue weighted by Gasteiger charge is -2.34. The fraction of sp³-hybridized carbons (Fsp3) is 0.625. The van der Waals surface area contributed by atoms with Crippen molar-refractivity contribution >= 4 is 17.4 Å². The van der Waals surface area contributed by atoms with E-state index in [1.807, 2.05) is 11.8 Å². The Morgan fingerprint density at radius 2 is 1.90 bits per heavy atom. The van der Waals surface area contributed by atoms with Crippen LogP contribution in [-0.4, -0.2) is 48.9 Å². The molecular weight excluding hydrogens is 268 g/mol. The first-order chi connectivity index (χ1) is 9.90. The molecule has 3 nitrogen and oxygen atoms in total. The first-order valence-corrected chi connectivity index (χ1v) is 8.77. The van der Waals surface area contributed by atoms with E-state index in [1.54, 1.807) is 0 Å². The Labute approximate surface area is 126 Å². The summed E-state index contributed by atoms with van der Waals surface area (Å²) < 4.78 is 0. The van der Waals surface area contributed by atoms with E-state index in [2.05, 4.69) is 40.5 Å². The van der Waals surface area contributed by atoms with E-state index in [9.17, 15) is 0 Å². The summed E-state index contributed by atoms with van der Waals surface area (Å²) in [5.41, 5.74) is 1.35. The summed E-state index contributed by atoms with van der Waals surface area (Å²) in [5.74, 6) is 2.23. The van der Waals surface area contributed by atoms with Crippen LogP contribution in [0.25, 0.3) is 0 Å². The number of rotatable bonds is 8. The van der Waals surface area contributed by atoms with Gasteiger partial charge in [-0.25, -0.2) is 0 Å². The van der Waals surface area contributed by atoms with Crippen molar-refractivity contribution in [3.8, 4) is 0 Å². The zero-order valence-corrected chi connectivity index (χ0v) is 12.9. The summed E-state index contributed by atoms with van der Waals surface area (Å²) in [6.07, 6.45) is 3.38. The maximum Gasteiger partial charge on any atom is 0.0438 e. The van der Waals surface area contributed by atoms with Crippen molar-refractivity contribution in [1.29, 1.82) is 0 Å². The minimum absolute atomic E-state index is 0.318. The predicted octanol–water partition coefficient (Wildman–Crippen LogP) is 2.36. The third-order valence-electron chi connectivity index (χ3n) is 3.74. The lowest BCUT2D eigenvalue weighted by Crippen LogP contribution is -2.43. The number of thioether (sulfide) groups is 1. The molecule has 1 aliphatic heterocycles. The van der Waals surface area contributed by atoms with Crippen molar-refractivity contribution in [2.24, 2.45) is 0 Å². The predicted molar refractivity (Wildman–Crippen MR) is 88.7 cm³/mol. The maximum absolute atomic E-state index is 8.71. The van der Waals surface area contributed by atoms with Crippen LogP contribution in [0.5, 0.6) is 0 Å². The molecule has 1 aromatic rings. The van der Waals surface area contributed by atoms with Crippen LogP contribution in [-0.2, 0) is 0 Å². The van der Waals surface area contributed by atoms with Crippen LogP contribution in [0.4, 0.5) is 5.69 Å². The number of anilines is 1. The monoisotopic (exact) mass is 294 g/mol. The molecule has 0 atom stereocenters. The Morgan fingerprint density at radius 1 is 1.15 bits per heavy atom. The van der Waals surface area contributed by atoms with Crippen LogP contribution in [0.3, 0.4) is 0 Å². The van der Waals surface area contributed by atoms with Crippen molar-refractivity contribution in [2.75, 3.05) is 42.6 Å². The molecule has 2 N–H and O–H groups in total. The van der Waals surface area contributed by atoms with Crippen molar-refractivity contribution in [2.45, 2.75) is 25.3 Å². The fourth-order valence-corrected chi connectivity index (χ4v) is 3.38. The number of aliphatic hydroxyl groups excluding tert-OH is 1. The van der Waals surface area contributed by atoms with Crippen LogP contribution in [0, 0.1) is 0 Å². The van der Waals surface area contributed by atoms with Gasteiger partial charge in [-0.2, -0.15) is 11.8 Å². The second kappa shape index (κ2) is 9.27. The van der Waals surface area contributed by atoms with Crippen LogP contribution in [0.1, 0.15) is 19.3 Å². The van der Waals surface area contributed by atoms with Gasteiger partial charge in [0, 0.05) is 43.7 Å². The standard InChI is InChI=1S/C16H26N2OS/c19-12-4-13-20-14-9-17-15-7-10-18(11-8-15)16-5-2-1-3-6-16/h1-3,5-6,15,17,19H,4,7-14H2. The van der Waals surface area contributed by atoms with Gasteiger partial charge in [-0.15, -0.1) is 0 Å². The molecule has 1 aromatic carbocycles. The number of hydrogen-bond acceptors (Lipinski definition) is 4. The molecule has 0 bridgehead atoms. The molecular formula is C16H26N2OS. The molecule has 0 radical (unpaired) electrons. The molecule has 1 fully saturated rings. The number of piperidine rings is 1. The van der Waals surface area contributed by atoms with Crippen LogP contribution in [0.2, 0.25) is 0 Å². The average Bonchev–Trinajstić information content (AvgIpc) is 2.52. The van der Waals surface area contributed by atoms with Crippen LogP contribution >= 0.6 is 11.8 Å². The zero-order chi connectivity index (χ0) is 14.0. The fourth-order valence-electron chi connectivity index (χ4n) is 2.58. The third kappa shape index (κ3) is 5.35. The average molecular weight is 294 g/mol. The minimum atomic E-state index is 0.318. The maximum atomic E-state index is 8.71. The molecule has 0 saturated carbocycles. The van der Waals surface area contributed by atoms with Gasteiger partial charge in [0.2, 0.25) is 0 Å². The Kier molecular flexibility index (Phi) is 7.26. The normalized spacial score (nSPS) is 16.6. The number of hydrogen-bond donors (Lipinski definition) is 2. The molecule has 112 valence electrons. The van der Waals surface area contributed by atoms with Gasteiger partial charge in [-0.1, -0.05) is 18.2 Å². The van der Waals surface area contributed by atoms with Gasteiger partial charge in [-0.3, -0.25) is 0 Å². The molecule has 2 rings (SSSR count). The number of nitrogens with one attached hydrogen (secondary N) is 1. The molecule has 0 unspecified atom stereocenters. The van der Waals surface area contributed by atoms with E-state index < -0.39 is 0 Å². The smallest absolute Gasteiger partial charge is 0.0438 e. The Balaban J connectivity index is 1.58. The number of para-hydroxylation sites is 1. The minimum Gasteiger partial charge on any atom is -0.396 e. The first-order valence-electron chi connectivity index (χ1n) is 7.62.